The van der Waals surface area contributed by atoms with Gasteiger partial charge in [-0.3, -0.25) is 4.90 Å². The van der Waals surface area contributed by atoms with Gasteiger partial charge in [0.15, 0.2) is 0 Å². The van der Waals surface area contributed by atoms with Crippen LogP contribution in [0.5, 0.6) is 5.88 Å². The van der Waals surface area contributed by atoms with Crippen LogP contribution in [0.4, 0.5) is 26.3 Å². The lowest BCUT2D eigenvalue weighted by Gasteiger charge is -2.50. The third-order valence-electron chi connectivity index (χ3n) is 5.41. The summed E-state index contributed by atoms with van der Waals surface area (Å²) in [6.07, 6.45) is -2.70. The van der Waals surface area contributed by atoms with Crippen molar-refractivity contribution in [2.75, 3.05) is 26.3 Å². The topological polar surface area (TPSA) is 122 Å². The number of alkyl halides is 6. The Bertz CT molecular complexity index is 954. The molecule has 0 saturated carbocycles. The highest BCUT2D eigenvalue weighted by Gasteiger charge is 2.52. The molecule has 2 saturated heterocycles. The molecule has 2 N–H and O–H groups in total. The fourth-order valence-corrected chi connectivity index (χ4v) is 3.74. The normalized spacial score (nSPS) is 18.6. The molecule has 0 radical (unpaired) electrons. The summed E-state index contributed by atoms with van der Waals surface area (Å²) in [7, 11) is 0. The van der Waals surface area contributed by atoms with Gasteiger partial charge in [-0.25, -0.2) is 14.6 Å². The first kappa shape index (κ1) is 29.9. The second kappa shape index (κ2) is 12.8. The molecule has 2 aliphatic heterocycles. The fourth-order valence-electron chi connectivity index (χ4n) is 3.74. The standard InChI is InChI=1S/C18H22N2O3.2C2HF3O2/c1-2-7-19-17(3-1)22-9-5-16-6-10-23-18(16)13-20(14-18)11-15-4-8-21-12-15;2*3-2(4,5)1(6)7/h1-4,7-8,12,16H,5-6,9-11,13-14H2;2*(H,6,7). The Morgan fingerprint density at radius 2 is 1.70 bits per heavy atom. The number of ether oxygens (including phenoxy) is 2. The van der Waals surface area contributed by atoms with Gasteiger partial charge in [0.1, 0.15) is 0 Å². The first-order chi connectivity index (χ1) is 17.2. The summed E-state index contributed by atoms with van der Waals surface area (Å²) in [4.78, 5) is 24.4. The molecule has 1 atom stereocenters. The summed E-state index contributed by atoms with van der Waals surface area (Å²) < 4.78 is 80.5. The minimum atomic E-state index is -5.08. The number of likely N-dealkylation sites (tertiary alicyclic amines) is 1. The first-order valence-corrected chi connectivity index (χ1v) is 10.7. The van der Waals surface area contributed by atoms with Crippen molar-refractivity contribution >= 4 is 11.9 Å². The average molecular weight is 542 g/mol. The van der Waals surface area contributed by atoms with Crippen molar-refractivity contribution in [3.63, 3.8) is 0 Å². The molecule has 15 heteroatoms. The molecule has 2 aromatic rings. The molecule has 0 bridgehead atoms. The largest absolute Gasteiger partial charge is 0.490 e. The number of nitrogens with zero attached hydrogens (tertiary/aromatic N) is 2. The predicted molar refractivity (Wildman–Crippen MR) is 113 cm³/mol. The molecular weight excluding hydrogens is 518 g/mol. The Morgan fingerprint density at radius 1 is 1.08 bits per heavy atom. The van der Waals surface area contributed by atoms with Gasteiger partial charge in [-0.2, -0.15) is 26.3 Å². The van der Waals surface area contributed by atoms with Crippen LogP contribution in [-0.2, 0) is 20.9 Å². The van der Waals surface area contributed by atoms with Crippen LogP contribution < -0.4 is 4.74 Å². The lowest BCUT2D eigenvalue weighted by molar-refractivity contribution is -0.193. The maximum atomic E-state index is 10.6. The Labute approximate surface area is 206 Å². The molecule has 2 fully saturated rings. The molecule has 206 valence electrons. The number of carboxylic acid groups (broad SMARTS) is 2. The number of rotatable bonds is 6. The van der Waals surface area contributed by atoms with E-state index in [9.17, 15) is 26.3 Å². The third-order valence-corrected chi connectivity index (χ3v) is 5.41. The molecule has 0 aliphatic carbocycles. The highest BCUT2D eigenvalue weighted by Crippen LogP contribution is 2.42. The number of hydrogen-bond donors (Lipinski definition) is 2. The van der Waals surface area contributed by atoms with E-state index >= 15 is 0 Å². The summed E-state index contributed by atoms with van der Waals surface area (Å²) in [6.45, 7) is 4.53. The van der Waals surface area contributed by atoms with E-state index in [1.54, 1.807) is 12.5 Å². The van der Waals surface area contributed by atoms with E-state index in [1.165, 1.54) is 5.56 Å². The van der Waals surface area contributed by atoms with Crippen LogP contribution in [0.2, 0.25) is 0 Å². The number of pyridine rings is 1. The minimum Gasteiger partial charge on any atom is -0.478 e. The molecule has 2 aliphatic rings. The summed E-state index contributed by atoms with van der Waals surface area (Å²) >= 11 is 0. The molecule has 1 unspecified atom stereocenters. The van der Waals surface area contributed by atoms with E-state index in [1.807, 2.05) is 30.5 Å². The smallest absolute Gasteiger partial charge is 0.478 e. The predicted octanol–water partition coefficient (Wildman–Crippen LogP) is 4.00. The Balaban J connectivity index is 0.000000286. The van der Waals surface area contributed by atoms with Gasteiger partial charge < -0.3 is 24.1 Å². The molecule has 4 heterocycles. The quantitative estimate of drug-likeness (QED) is 0.522. The highest BCUT2D eigenvalue weighted by atomic mass is 19.4. The number of aromatic nitrogens is 1. The Hall–Kier alpha value is -3.33. The number of carbonyl (C=O) groups is 2. The summed E-state index contributed by atoms with van der Waals surface area (Å²) in [5.74, 6) is -4.23. The van der Waals surface area contributed by atoms with Gasteiger partial charge in [-0.15, -0.1) is 0 Å². The van der Waals surface area contributed by atoms with E-state index < -0.39 is 24.3 Å². The maximum Gasteiger partial charge on any atom is 0.490 e. The molecule has 4 rings (SSSR count). The van der Waals surface area contributed by atoms with Crippen molar-refractivity contribution in [3.8, 4) is 5.88 Å². The van der Waals surface area contributed by atoms with Crippen molar-refractivity contribution in [2.24, 2.45) is 5.92 Å². The van der Waals surface area contributed by atoms with Crippen molar-refractivity contribution in [2.45, 2.75) is 37.3 Å². The van der Waals surface area contributed by atoms with E-state index in [4.69, 9.17) is 33.7 Å². The highest BCUT2D eigenvalue weighted by molar-refractivity contribution is 5.73. The monoisotopic (exact) mass is 542 g/mol. The molecule has 0 aromatic carbocycles. The van der Waals surface area contributed by atoms with Gasteiger partial charge in [0, 0.05) is 44.1 Å². The fraction of sp³-hybridized carbons (Fsp3) is 0.500. The van der Waals surface area contributed by atoms with Crippen LogP contribution in [0.25, 0.3) is 0 Å². The van der Waals surface area contributed by atoms with Gasteiger partial charge in [0.2, 0.25) is 5.88 Å². The molecule has 1 spiro atoms. The van der Waals surface area contributed by atoms with Crippen LogP contribution in [-0.4, -0.2) is 76.3 Å². The molecule has 37 heavy (non-hydrogen) atoms. The van der Waals surface area contributed by atoms with Gasteiger partial charge in [-0.1, -0.05) is 6.07 Å². The molecule has 0 amide bonds. The van der Waals surface area contributed by atoms with Crippen LogP contribution in [0.3, 0.4) is 0 Å². The zero-order chi connectivity index (χ0) is 27.7. The van der Waals surface area contributed by atoms with Gasteiger partial charge in [0.05, 0.1) is 24.7 Å². The van der Waals surface area contributed by atoms with Crippen LogP contribution in [0, 0.1) is 5.92 Å². The number of halogens is 6. The number of furan rings is 1. The summed E-state index contributed by atoms with van der Waals surface area (Å²) in [6, 6.07) is 7.77. The summed E-state index contributed by atoms with van der Waals surface area (Å²) in [5, 5.41) is 14.2. The maximum absolute atomic E-state index is 10.6. The van der Waals surface area contributed by atoms with Crippen molar-refractivity contribution in [3.05, 3.63) is 48.6 Å². The van der Waals surface area contributed by atoms with E-state index in [0.717, 1.165) is 39.1 Å². The third kappa shape index (κ3) is 9.57. The number of hydrogen-bond acceptors (Lipinski definition) is 7. The van der Waals surface area contributed by atoms with Gasteiger partial charge in [-0.05, 0) is 30.9 Å². The minimum absolute atomic E-state index is 0.0389. The van der Waals surface area contributed by atoms with Crippen molar-refractivity contribution in [1.82, 2.24) is 9.88 Å². The van der Waals surface area contributed by atoms with E-state index in [-0.39, 0.29) is 5.60 Å². The van der Waals surface area contributed by atoms with Crippen LogP contribution >= 0.6 is 0 Å². The second-order valence-corrected chi connectivity index (χ2v) is 8.09. The lowest BCUT2D eigenvalue weighted by atomic mass is 9.79. The Kier molecular flexibility index (Phi) is 10.3. The second-order valence-electron chi connectivity index (χ2n) is 8.09. The lowest BCUT2D eigenvalue weighted by Crippen LogP contribution is -2.64. The van der Waals surface area contributed by atoms with E-state index in [2.05, 4.69) is 9.88 Å². The SMILES string of the molecule is O=C(O)C(F)(F)F.O=C(O)C(F)(F)F.c1ccc(OCCC2CCOC23CN(Cc2ccoc2)C3)nc1. The first-order valence-electron chi connectivity index (χ1n) is 10.7. The molecule has 9 nitrogen and oxygen atoms in total. The van der Waals surface area contributed by atoms with Crippen LogP contribution in [0.1, 0.15) is 18.4 Å². The van der Waals surface area contributed by atoms with Crippen molar-refractivity contribution in [1.29, 1.82) is 0 Å². The average Bonchev–Trinajstić information content (AvgIpc) is 3.44. The molecular formula is C22H24F6N2O7. The molecule has 2 aromatic heterocycles. The van der Waals surface area contributed by atoms with Gasteiger partial charge in [0.25, 0.3) is 0 Å². The van der Waals surface area contributed by atoms with Crippen molar-refractivity contribution < 1.29 is 60.0 Å². The zero-order valence-electron chi connectivity index (χ0n) is 19.2. The number of carboxylic acids is 2. The Morgan fingerprint density at radius 3 is 2.19 bits per heavy atom. The summed E-state index contributed by atoms with van der Waals surface area (Å²) in [5.41, 5.74) is 1.27. The van der Waals surface area contributed by atoms with Crippen LogP contribution in [0.15, 0.2) is 47.4 Å². The number of aliphatic carboxylic acids is 2. The van der Waals surface area contributed by atoms with Gasteiger partial charge >= 0.3 is 24.3 Å². The van der Waals surface area contributed by atoms with E-state index in [0.29, 0.717) is 18.4 Å². The zero-order valence-corrected chi connectivity index (χ0v) is 19.2.